The maximum Gasteiger partial charge on any atom is 0.254 e. The zero-order valence-electron chi connectivity index (χ0n) is 11.1. The molecule has 1 amide bonds. The van der Waals surface area contributed by atoms with Crippen molar-refractivity contribution in [2.45, 2.75) is 13.0 Å². The average Bonchev–Trinajstić information content (AvgIpc) is 2.47. The van der Waals surface area contributed by atoms with E-state index in [0.717, 1.165) is 11.1 Å². The minimum absolute atomic E-state index is 0.120. The molecule has 2 N–H and O–H groups in total. The summed E-state index contributed by atoms with van der Waals surface area (Å²) in [5.41, 5.74) is 2.23. The summed E-state index contributed by atoms with van der Waals surface area (Å²) >= 11 is 11.9. The normalized spacial score (nSPS) is 10.4. The molecule has 21 heavy (non-hydrogen) atoms. The Balaban J connectivity index is 2.01. The number of nitrogens with one attached hydrogen (secondary N) is 1. The van der Waals surface area contributed by atoms with Crippen molar-refractivity contribution >= 4 is 29.1 Å². The number of aliphatic hydroxyl groups is 1. The molecule has 4 nitrogen and oxygen atoms in total. The van der Waals surface area contributed by atoms with E-state index >= 15 is 0 Å². The number of rotatable bonds is 5. The minimum atomic E-state index is -0.341. The standard InChI is InChI=1S/C15H14Cl2N2O2/c16-12-8-18-9-13(17)14(12)15(21)19-7-11-3-1-10(2-4-11)5-6-20/h1-4,8-9,20H,5-7H2,(H,19,21). The SMILES string of the molecule is O=C(NCc1ccc(CCO)cc1)c1c(Cl)cncc1Cl. The highest BCUT2D eigenvalue weighted by Gasteiger charge is 2.14. The Hall–Kier alpha value is -1.62. The minimum Gasteiger partial charge on any atom is -0.396 e. The summed E-state index contributed by atoms with van der Waals surface area (Å²) in [6.07, 6.45) is 3.38. The molecule has 0 saturated carbocycles. The molecule has 6 heteroatoms. The van der Waals surface area contributed by atoms with Crippen LogP contribution in [0.3, 0.4) is 0 Å². The van der Waals surface area contributed by atoms with Crippen LogP contribution in [0.15, 0.2) is 36.7 Å². The molecule has 110 valence electrons. The molecule has 0 radical (unpaired) electrons. The smallest absolute Gasteiger partial charge is 0.254 e. The highest BCUT2D eigenvalue weighted by atomic mass is 35.5. The summed E-state index contributed by atoms with van der Waals surface area (Å²) in [6, 6.07) is 7.65. The van der Waals surface area contributed by atoms with Crippen molar-refractivity contribution in [1.29, 1.82) is 0 Å². The van der Waals surface area contributed by atoms with Crippen molar-refractivity contribution < 1.29 is 9.90 Å². The third-order valence-electron chi connectivity index (χ3n) is 2.96. The van der Waals surface area contributed by atoms with Crippen LogP contribution in [0.4, 0.5) is 0 Å². The first-order valence-electron chi connectivity index (χ1n) is 6.37. The Labute approximate surface area is 132 Å². The van der Waals surface area contributed by atoms with Gasteiger partial charge in [-0.2, -0.15) is 0 Å². The van der Waals surface area contributed by atoms with Crippen LogP contribution in [0.25, 0.3) is 0 Å². The van der Waals surface area contributed by atoms with E-state index in [9.17, 15) is 4.79 Å². The molecule has 0 bridgehead atoms. The number of carbonyl (C=O) groups is 1. The molecular weight excluding hydrogens is 311 g/mol. The van der Waals surface area contributed by atoms with Crippen molar-refractivity contribution in [1.82, 2.24) is 10.3 Å². The Kier molecular flexibility index (Phi) is 5.56. The lowest BCUT2D eigenvalue weighted by Crippen LogP contribution is -2.23. The van der Waals surface area contributed by atoms with Crippen molar-refractivity contribution in [3.63, 3.8) is 0 Å². The Morgan fingerprint density at radius 2 is 1.67 bits per heavy atom. The number of pyridine rings is 1. The fraction of sp³-hybridized carbons (Fsp3) is 0.200. The summed E-state index contributed by atoms with van der Waals surface area (Å²) in [6.45, 7) is 0.488. The summed E-state index contributed by atoms with van der Waals surface area (Å²) in [5.74, 6) is -0.341. The number of aliphatic hydroxyl groups excluding tert-OH is 1. The number of halogens is 2. The predicted molar refractivity (Wildman–Crippen MR) is 82.7 cm³/mol. The molecule has 1 aromatic carbocycles. The molecule has 0 aliphatic rings. The maximum atomic E-state index is 12.1. The molecule has 1 heterocycles. The molecule has 0 fully saturated rings. The highest BCUT2D eigenvalue weighted by molar-refractivity contribution is 6.39. The van der Waals surface area contributed by atoms with Crippen molar-refractivity contribution in [3.8, 4) is 0 Å². The van der Waals surface area contributed by atoms with Gasteiger partial charge < -0.3 is 10.4 Å². The lowest BCUT2D eigenvalue weighted by Gasteiger charge is -2.08. The van der Waals surface area contributed by atoms with E-state index in [1.54, 1.807) is 0 Å². The first kappa shape index (κ1) is 15.8. The van der Waals surface area contributed by atoms with E-state index in [0.29, 0.717) is 13.0 Å². The number of aromatic nitrogens is 1. The first-order chi connectivity index (χ1) is 10.1. The van der Waals surface area contributed by atoms with Gasteiger partial charge in [-0.1, -0.05) is 47.5 Å². The fourth-order valence-electron chi connectivity index (χ4n) is 1.85. The Morgan fingerprint density at radius 3 is 2.24 bits per heavy atom. The largest absolute Gasteiger partial charge is 0.396 e. The highest BCUT2D eigenvalue weighted by Crippen LogP contribution is 2.22. The van der Waals surface area contributed by atoms with Crippen LogP contribution in [0, 0.1) is 0 Å². The van der Waals surface area contributed by atoms with Crippen LogP contribution < -0.4 is 5.32 Å². The van der Waals surface area contributed by atoms with Gasteiger partial charge in [-0.25, -0.2) is 0 Å². The topological polar surface area (TPSA) is 62.2 Å². The van der Waals surface area contributed by atoms with Gasteiger partial charge in [-0.05, 0) is 17.5 Å². The van der Waals surface area contributed by atoms with Gasteiger partial charge in [-0.15, -0.1) is 0 Å². The Bertz CT molecular complexity index is 610. The summed E-state index contributed by atoms with van der Waals surface area (Å²) in [7, 11) is 0. The molecule has 0 aliphatic heterocycles. The average molecular weight is 325 g/mol. The van der Waals surface area contributed by atoms with Gasteiger partial charge in [0.05, 0.1) is 15.6 Å². The zero-order chi connectivity index (χ0) is 15.2. The van der Waals surface area contributed by atoms with E-state index in [4.69, 9.17) is 28.3 Å². The lowest BCUT2D eigenvalue weighted by atomic mass is 10.1. The van der Waals surface area contributed by atoms with Gasteiger partial charge in [0.1, 0.15) is 0 Å². The lowest BCUT2D eigenvalue weighted by molar-refractivity contribution is 0.0951. The van der Waals surface area contributed by atoms with Crippen LogP contribution in [-0.2, 0) is 13.0 Å². The second-order valence-electron chi connectivity index (χ2n) is 4.45. The van der Waals surface area contributed by atoms with E-state index in [1.165, 1.54) is 12.4 Å². The Morgan fingerprint density at radius 1 is 1.10 bits per heavy atom. The monoisotopic (exact) mass is 324 g/mol. The van der Waals surface area contributed by atoms with Crippen LogP contribution in [0.1, 0.15) is 21.5 Å². The first-order valence-corrected chi connectivity index (χ1v) is 7.13. The summed E-state index contributed by atoms with van der Waals surface area (Å²) in [4.78, 5) is 15.9. The van der Waals surface area contributed by atoms with Gasteiger partial charge in [-0.3, -0.25) is 9.78 Å². The number of benzene rings is 1. The number of nitrogens with zero attached hydrogens (tertiary/aromatic N) is 1. The number of hydrogen-bond acceptors (Lipinski definition) is 3. The summed E-state index contributed by atoms with van der Waals surface area (Å²) in [5, 5.41) is 12.1. The second-order valence-corrected chi connectivity index (χ2v) is 5.27. The van der Waals surface area contributed by atoms with Crippen molar-refractivity contribution in [2.75, 3.05) is 6.61 Å². The third kappa shape index (κ3) is 4.17. The molecular formula is C15H14Cl2N2O2. The van der Waals surface area contributed by atoms with Crippen LogP contribution in [0.2, 0.25) is 10.0 Å². The predicted octanol–water partition coefficient (Wildman–Crippen LogP) is 2.85. The molecule has 2 rings (SSSR count). The molecule has 0 aliphatic carbocycles. The van der Waals surface area contributed by atoms with Crippen LogP contribution in [-0.4, -0.2) is 22.6 Å². The third-order valence-corrected chi connectivity index (χ3v) is 3.53. The van der Waals surface area contributed by atoms with Crippen molar-refractivity contribution in [3.05, 3.63) is 63.4 Å². The fourth-order valence-corrected chi connectivity index (χ4v) is 2.39. The van der Waals surface area contributed by atoms with E-state index in [1.807, 2.05) is 24.3 Å². The van der Waals surface area contributed by atoms with Gasteiger partial charge in [0.15, 0.2) is 0 Å². The molecule has 0 spiro atoms. The zero-order valence-corrected chi connectivity index (χ0v) is 12.7. The second kappa shape index (κ2) is 7.41. The van der Waals surface area contributed by atoms with E-state index < -0.39 is 0 Å². The van der Waals surface area contributed by atoms with Crippen LogP contribution >= 0.6 is 23.2 Å². The van der Waals surface area contributed by atoms with E-state index in [-0.39, 0.29) is 28.1 Å². The van der Waals surface area contributed by atoms with Gasteiger partial charge >= 0.3 is 0 Å². The van der Waals surface area contributed by atoms with Crippen LogP contribution in [0.5, 0.6) is 0 Å². The number of carbonyl (C=O) groups excluding carboxylic acids is 1. The molecule has 0 unspecified atom stereocenters. The quantitative estimate of drug-likeness (QED) is 0.889. The number of amides is 1. The molecule has 0 saturated heterocycles. The van der Waals surface area contributed by atoms with Gasteiger partial charge in [0.2, 0.25) is 0 Å². The maximum absolute atomic E-state index is 12.1. The van der Waals surface area contributed by atoms with Crippen molar-refractivity contribution in [2.24, 2.45) is 0 Å². The molecule has 1 aromatic heterocycles. The van der Waals surface area contributed by atoms with E-state index in [2.05, 4.69) is 10.3 Å². The molecule has 0 atom stereocenters. The summed E-state index contributed by atoms with van der Waals surface area (Å²) < 4.78 is 0. The number of hydrogen-bond donors (Lipinski definition) is 2. The van der Waals surface area contributed by atoms with Gasteiger partial charge in [0.25, 0.3) is 5.91 Å². The van der Waals surface area contributed by atoms with Gasteiger partial charge in [0, 0.05) is 25.5 Å². The molecule has 2 aromatic rings.